The molecule has 2 aromatic rings. The molecule has 4 heteroatoms. The van der Waals surface area contributed by atoms with Crippen molar-refractivity contribution >= 4 is 22.7 Å². The molecule has 3 nitrogen and oxygen atoms in total. The Bertz CT molecular complexity index is 930. The van der Waals surface area contributed by atoms with E-state index in [-0.39, 0.29) is 22.2 Å². The van der Waals surface area contributed by atoms with E-state index in [1.54, 1.807) is 11.3 Å². The fourth-order valence-electron chi connectivity index (χ4n) is 4.51. The number of nitrogens with zero attached hydrogens (tertiary/aromatic N) is 2. The number of fused-ring (bicyclic) bond motifs is 5. The molecule has 0 aliphatic heterocycles. The first-order valence-electron chi connectivity index (χ1n) is 8.71. The van der Waals surface area contributed by atoms with Crippen LogP contribution in [0.3, 0.4) is 0 Å². The van der Waals surface area contributed by atoms with Gasteiger partial charge in [0, 0.05) is 21.8 Å². The van der Waals surface area contributed by atoms with Crippen molar-refractivity contribution < 1.29 is 5.11 Å². The van der Waals surface area contributed by atoms with Gasteiger partial charge in [-0.25, -0.2) is 4.98 Å². The number of hydrogen-bond donors (Lipinski definition) is 1. The Kier molecular flexibility index (Phi) is 3.39. The molecule has 1 aromatic carbocycles. The molecule has 25 heavy (non-hydrogen) atoms. The largest absolute Gasteiger partial charge is 0.506 e. The summed E-state index contributed by atoms with van der Waals surface area (Å²) < 4.78 is 0. The van der Waals surface area contributed by atoms with Crippen molar-refractivity contribution in [3.05, 3.63) is 51.0 Å². The summed E-state index contributed by atoms with van der Waals surface area (Å²) >= 11 is 1.59. The van der Waals surface area contributed by atoms with E-state index < -0.39 is 0 Å². The lowest BCUT2D eigenvalue weighted by molar-refractivity contribution is 0.227. The van der Waals surface area contributed by atoms with E-state index in [2.05, 4.69) is 26.8 Å². The van der Waals surface area contributed by atoms with Crippen molar-refractivity contribution in [3.8, 4) is 6.07 Å². The average Bonchev–Trinajstić information content (AvgIpc) is 3.14. The van der Waals surface area contributed by atoms with E-state index in [9.17, 15) is 10.4 Å². The molecule has 2 aliphatic carbocycles. The molecule has 128 valence electrons. The zero-order valence-corrected chi connectivity index (χ0v) is 15.9. The first kappa shape index (κ1) is 16.4. The van der Waals surface area contributed by atoms with Gasteiger partial charge < -0.3 is 5.11 Å². The summed E-state index contributed by atoms with van der Waals surface area (Å²) in [6.07, 6.45) is 2.34. The van der Waals surface area contributed by atoms with Gasteiger partial charge in [-0.2, -0.15) is 5.26 Å². The smallest absolute Gasteiger partial charge is 0.143 e. The third-order valence-corrected chi connectivity index (χ3v) is 7.79. The van der Waals surface area contributed by atoms with Crippen molar-refractivity contribution in [1.82, 2.24) is 4.98 Å². The lowest BCUT2D eigenvalue weighted by Gasteiger charge is -2.34. The summed E-state index contributed by atoms with van der Waals surface area (Å²) in [5.74, 6) is 0.534. The molecule has 1 saturated carbocycles. The molecule has 2 bridgehead atoms. The van der Waals surface area contributed by atoms with Gasteiger partial charge in [0.1, 0.15) is 22.4 Å². The highest BCUT2D eigenvalue weighted by Gasteiger charge is 2.61. The summed E-state index contributed by atoms with van der Waals surface area (Å²) in [5.41, 5.74) is 3.50. The van der Waals surface area contributed by atoms with Gasteiger partial charge in [0.15, 0.2) is 0 Å². The Morgan fingerprint density at radius 1 is 1.28 bits per heavy atom. The minimum atomic E-state index is 0.0201. The summed E-state index contributed by atoms with van der Waals surface area (Å²) in [6.45, 7) is 8.98. The molecule has 2 atom stereocenters. The lowest BCUT2D eigenvalue weighted by atomic mass is 9.70. The summed E-state index contributed by atoms with van der Waals surface area (Å²) in [7, 11) is 0. The first-order chi connectivity index (χ1) is 11.8. The lowest BCUT2D eigenvalue weighted by Crippen LogP contribution is -2.32. The number of benzene rings is 1. The third-order valence-electron chi connectivity index (χ3n) is 6.61. The minimum Gasteiger partial charge on any atom is -0.506 e. The maximum Gasteiger partial charge on any atom is 0.143 e. The van der Waals surface area contributed by atoms with Crippen LogP contribution in [-0.2, 0) is 5.41 Å². The maximum atomic E-state index is 10.7. The number of thiazole rings is 1. The Labute approximate surface area is 152 Å². The predicted molar refractivity (Wildman–Crippen MR) is 101 cm³/mol. The van der Waals surface area contributed by atoms with E-state index >= 15 is 0 Å². The van der Waals surface area contributed by atoms with Gasteiger partial charge in [-0.1, -0.05) is 50.6 Å². The molecule has 0 radical (unpaired) electrons. The Morgan fingerprint density at radius 3 is 2.56 bits per heavy atom. The molecule has 1 N–H and O–H groups in total. The van der Waals surface area contributed by atoms with E-state index in [1.807, 2.05) is 31.2 Å². The molecule has 0 amide bonds. The highest BCUT2D eigenvalue weighted by molar-refractivity contribution is 7.13. The second-order valence-electron chi connectivity index (χ2n) is 8.08. The fourth-order valence-corrected chi connectivity index (χ4v) is 6.02. The van der Waals surface area contributed by atoms with Crippen LogP contribution >= 0.6 is 11.3 Å². The third kappa shape index (κ3) is 2.05. The van der Waals surface area contributed by atoms with Crippen molar-refractivity contribution in [1.29, 1.82) is 5.26 Å². The van der Waals surface area contributed by atoms with Crippen LogP contribution in [0, 0.1) is 23.7 Å². The Hall–Kier alpha value is -2.12. The van der Waals surface area contributed by atoms with E-state index in [1.165, 1.54) is 11.3 Å². The zero-order chi connectivity index (χ0) is 18.0. The predicted octanol–water partition coefficient (Wildman–Crippen LogP) is 5.58. The molecule has 0 spiro atoms. The molecule has 4 rings (SSSR count). The quantitative estimate of drug-likeness (QED) is 0.568. The number of nitriles is 1. The topological polar surface area (TPSA) is 56.9 Å². The molecule has 1 aromatic heterocycles. The van der Waals surface area contributed by atoms with Crippen molar-refractivity contribution in [2.75, 3.05) is 0 Å². The number of hydrogen-bond acceptors (Lipinski definition) is 4. The number of allylic oxidation sites excluding steroid dienone is 1. The average molecular weight is 350 g/mol. The van der Waals surface area contributed by atoms with Crippen LogP contribution in [0.5, 0.6) is 0 Å². The van der Waals surface area contributed by atoms with Crippen LogP contribution in [0.2, 0.25) is 0 Å². The standard InChI is InChI=1S/C21H22N2OS/c1-12-5-7-13(8-6-12)16(24)14(11-22)19-23-18-17(25-19)15-9-10-21(18,4)20(15,2)3/h5-8,15,24H,9-10H2,1-4H3/b16-14-. The van der Waals surface area contributed by atoms with Gasteiger partial charge in [-0.15, -0.1) is 11.3 Å². The highest BCUT2D eigenvalue weighted by atomic mass is 32.1. The molecule has 2 unspecified atom stereocenters. The van der Waals surface area contributed by atoms with Crippen LogP contribution in [0.1, 0.15) is 66.2 Å². The van der Waals surface area contributed by atoms with Crippen LogP contribution in [0.25, 0.3) is 11.3 Å². The fraction of sp³-hybridized carbons (Fsp3) is 0.429. The molecule has 1 fully saturated rings. The second-order valence-corrected chi connectivity index (χ2v) is 9.11. The number of aliphatic hydroxyl groups excluding tert-OH is 1. The van der Waals surface area contributed by atoms with E-state index in [0.29, 0.717) is 16.5 Å². The minimum absolute atomic E-state index is 0.0201. The Balaban J connectivity index is 1.82. The normalized spacial score (nSPS) is 26.9. The first-order valence-corrected chi connectivity index (χ1v) is 9.53. The summed E-state index contributed by atoms with van der Waals surface area (Å²) in [4.78, 5) is 6.17. The molecule has 2 aliphatic rings. The summed E-state index contributed by atoms with van der Waals surface area (Å²) in [6, 6.07) is 9.74. The van der Waals surface area contributed by atoms with Crippen molar-refractivity contribution in [2.45, 2.75) is 51.9 Å². The molecule has 0 saturated heterocycles. The second kappa shape index (κ2) is 5.19. The highest BCUT2D eigenvalue weighted by Crippen LogP contribution is 2.68. The SMILES string of the molecule is Cc1ccc(/C(O)=C(\C#N)c2nc3c(s2)C2CCC3(C)C2(C)C)cc1. The molecular weight excluding hydrogens is 328 g/mol. The molecule has 1 heterocycles. The van der Waals surface area contributed by atoms with Crippen molar-refractivity contribution in [3.63, 3.8) is 0 Å². The molecular formula is C21H22N2OS. The monoisotopic (exact) mass is 350 g/mol. The van der Waals surface area contributed by atoms with Crippen LogP contribution in [-0.4, -0.2) is 10.1 Å². The maximum absolute atomic E-state index is 10.7. The van der Waals surface area contributed by atoms with Gasteiger partial charge in [0.05, 0.1) is 5.69 Å². The Morgan fingerprint density at radius 2 is 1.96 bits per heavy atom. The number of aromatic nitrogens is 1. The van der Waals surface area contributed by atoms with Gasteiger partial charge >= 0.3 is 0 Å². The summed E-state index contributed by atoms with van der Waals surface area (Å²) in [5, 5.41) is 21.0. The number of aliphatic hydroxyl groups is 1. The number of aryl methyl sites for hydroxylation is 1. The van der Waals surface area contributed by atoms with Gasteiger partial charge in [0.2, 0.25) is 0 Å². The zero-order valence-electron chi connectivity index (χ0n) is 15.1. The van der Waals surface area contributed by atoms with Crippen LogP contribution in [0.4, 0.5) is 0 Å². The number of rotatable bonds is 2. The van der Waals surface area contributed by atoms with Crippen LogP contribution in [0.15, 0.2) is 24.3 Å². The van der Waals surface area contributed by atoms with E-state index in [0.717, 1.165) is 17.7 Å². The van der Waals surface area contributed by atoms with E-state index in [4.69, 9.17) is 4.98 Å². The van der Waals surface area contributed by atoms with Gasteiger partial charge in [-0.3, -0.25) is 0 Å². The van der Waals surface area contributed by atoms with Gasteiger partial charge in [-0.05, 0) is 25.2 Å². The van der Waals surface area contributed by atoms with Crippen molar-refractivity contribution in [2.24, 2.45) is 5.41 Å². The van der Waals surface area contributed by atoms with Crippen LogP contribution < -0.4 is 0 Å². The van der Waals surface area contributed by atoms with Gasteiger partial charge in [0.25, 0.3) is 0 Å².